The zero-order valence-corrected chi connectivity index (χ0v) is 27.3. The molecule has 2 unspecified atom stereocenters. The molecule has 2 atom stereocenters. The van der Waals surface area contributed by atoms with Gasteiger partial charge in [0.1, 0.15) is 0 Å². The van der Waals surface area contributed by atoms with Crippen molar-refractivity contribution in [1.29, 1.82) is 0 Å². The first-order chi connectivity index (χ1) is 21.4. The van der Waals surface area contributed by atoms with Crippen LogP contribution in [0.5, 0.6) is 0 Å². The van der Waals surface area contributed by atoms with Crippen LogP contribution in [-0.2, 0) is 20.8 Å². The van der Waals surface area contributed by atoms with Crippen molar-refractivity contribution in [2.24, 2.45) is 26.8 Å². The SMILES string of the molecule is C=CC1=C(C)C2=NC1=CC1=NC(=C(CC)/C1=C/[O-])C=C1N=C(C(CC(=O)[O-])=c3[n-]c(c(C)c3CCC(=O)[O-])=C2)C(C(=O)[O-])C1C.[H+].[H+].[H+].[Mg+2]. The summed E-state index contributed by atoms with van der Waals surface area (Å²) in [5.41, 5.74) is 5.45. The molecule has 0 saturated carbocycles. The van der Waals surface area contributed by atoms with Crippen LogP contribution in [0.25, 0.3) is 11.6 Å². The van der Waals surface area contributed by atoms with Crippen molar-refractivity contribution in [2.45, 2.75) is 53.4 Å². The first kappa shape index (κ1) is 34.3. The second-order valence-electron chi connectivity index (χ2n) is 11.2. The number of aliphatic imine (C=N–C) groups is 3. The summed E-state index contributed by atoms with van der Waals surface area (Å²) in [6.45, 7) is 11.0. The van der Waals surface area contributed by atoms with Gasteiger partial charge in [-0.1, -0.05) is 43.7 Å². The number of hydrogen-bond donors (Lipinski definition) is 0. The number of carboxylic acids is 3. The molecule has 0 aliphatic carbocycles. The number of carboxylic acid groups (broad SMARTS) is 3. The van der Waals surface area contributed by atoms with E-state index in [0.29, 0.717) is 68.1 Å². The van der Waals surface area contributed by atoms with E-state index in [2.05, 4.69) is 11.6 Å². The Labute approximate surface area is 285 Å². The van der Waals surface area contributed by atoms with E-state index in [4.69, 9.17) is 15.0 Å². The second-order valence-corrected chi connectivity index (χ2v) is 11.2. The molecule has 4 aliphatic heterocycles. The van der Waals surface area contributed by atoms with Gasteiger partial charge in [-0.3, -0.25) is 4.99 Å². The molecule has 8 bridgehead atoms. The van der Waals surface area contributed by atoms with Crippen molar-refractivity contribution in [2.75, 3.05) is 0 Å². The molecule has 0 saturated heterocycles. The van der Waals surface area contributed by atoms with Crippen LogP contribution in [0, 0.1) is 18.8 Å². The van der Waals surface area contributed by atoms with Crippen LogP contribution in [0.2, 0.25) is 0 Å². The first-order valence-corrected chi connectivity index (χ1v) is 14.5. The van der Waals surface area contributed by atoms with Gasteiger partial charge in [0, 0.05) is 41.5 Å². The van der Waals surface area contributed by atoms with Crippen LogP contribution in [0.15, 0.2) is 85.4 Å². The number of allylic oxidation sites excluding steroid dienone is 7. The molecule has 5 heterocycles. The van der Waals surface area contributed by atoms with Gasteiger partial charge in [-0.2, -0.15) is 0 Å². The largest absolute Gasteiger partial charge is 2.00 e. The Hall–Kier alpha value is -4.55. The fourth-order valence-electron chi connectivity index (χ4n) is 6.21. The van der Waals surface area contributed by atoms with Gasteiger partial charge >= 0.3 is 27.3 Å². The van der Waals surface area contributed by atoms with Crippen molar-refractivity contribution in [3.63, 3.8) is 0 Å². The number of carbonyl (C=O) groups excluding carboxylic acids is 3. The minimum absolute atomic E-state index is 0. The number of rotatable bonds is 8. The first-order valence-electron chi connectivity index (χ1n) is 14.5. The number of fused-ring (bicyclic) bond motifs is 5. The normalized spacial score (nSPS) is 21.3. The number of aromatic nitrogens is 1. The summed E-state index contributed by atoms with van der Waals surface area (Å²) in [5.74, 6) is -6.42. The molecule has 0 fully saturated rings. The molecular formula is C34H32MgN4O7. The molecule has 0 N–H and O–H groups in total. The molecule has 1 aromatic rings. The third-order valence-electron chi connectivity index (χ3n) is 8.58. The molecule has 5 rings (SSSR count). The molecule has 0 spiro atoms. The zero-order valence-electron chi connectivity index (χ0n) is 28.9. The molecule has 0 radical (unpaired) electrons. The van der Waals surface area contributed by atoms with Gasteiger partial charge in [-0.05, 0) is 67.6 Å². The maximum absolute atomic E-state index is 12.6. The average molecular weight is 633 g/mol. The number of aliphatic carboxylic acids is 3. The van der Waals surface area contributed by atoms with Gasteiger partial charge in [0.05, 0.1) is 34.5 Å². The maximum atomic E-state index is 12.6. The van der Waals surface area contributed by atoms with Gasteiger partial charge in [0.2, 0.25) is 0 Å². The van der Waals surface area contributed by atoms with Gasteiger partial charge in [0.15, 0.2) is 0 Å². The molecular weight excluding hydrogens is 601 g/mol. The number of carbonyl (C=O) groups is 3. The van der Waals surface area contributed by atoms with Crippen molar-refractivity contribution in [3.8, 4) is 0 Å². The fraction of sp³-hybridized carbons (Fsp3) is 0.294. The van der Waals surface area contributed by atoms with Crippen LogP contribution >= 0.6 is 0 Å². The van der Waals surface area contributed by atoms with E-state index < -0.39 is 36.2 Å². The standard InChI is InChI=1S/C34H34N4O7.Mg/c1-6-18-15(3)23-11-24-16(4)20(8-9-29(40)41)32(37-24)21(10-30(42)43)33-31(34(44)45)17(5)25(38-33)12-27-19(7-2)22(14-39)28(36-27)13-26(18)35-23;/h6,11-14,17,31H,1,7-10H2,2-5H3,(H5,35,36,37,38,39,40,41,42,43,44,45);/q;+2/p-2. The molecule has 11 nitrogen and oxygen atoms in total. The Morgan fingerprint density at radius 1 is 1.02 bits per heavy atom. The van der Waals surface area contributed by atoms with Crippen molar-refractivity contribution >= 4 is 69.7 Å². The van der Waals surface area contributed by atoms with Crippen LogP contribution < -0.4 is 36.1 Å². The summed E-state index contributed by atoms with van der Waals surface area (Å²) in [4.78, 5) is 55.1. The molecule has 0 aromatic carbocycles. The third-order valence-corrected chi connectivity index (χ3v) is 8.58. The summed E-state index contributed by atoms with van der Waals surface area (Å²) in [6.07, 6.45) is 6.62. The minimum atomic E-state index is -1.50. The van der Waals surface area contributed by atoms with E-state index in [1.807, 2.05) is 13.8 Å². The Balaban J connectivity index is 0.00000300. The topological polar surface area (TPSA) is 195 Å². The van der Waals surface area contributed by atoms with Crippen molar-refractivity contribution < 1.29 is 39.1 Å². The molecule has 12 heteroatoms. The zero-order chi connectivity index (χ0) is 32.7. The van der Waals surface area contributed by atoms with E-state index in [1.54, 1.807) is 38.2 Å². The summed E-state index contributed by atoms with van der Waals surface area (Å²) < 4.78 is 0. The molecule has 4 aliphatic rings. The molecule has 232 valence electrons. The van der Waals surface area contributed by atoms with Crippen LogP contribution in [0.3, 0.4) is 0 Å². The monoisotopic (exact) mass is 632 g/mol. The average Bonchev–Trinajstić information content (AvgIpc) is 3.67. The predicted octanol–water partition coefficient (Wildman–Crippen LogP) is -1.78. The smallest absolute Gasteiger partial charge is 0.877 e. The Kier molecular flexibility index (Phi) is 10.0. The fourth-order valence-corrected chi connectivity index (χ4v) is 6.21. The molecule has 1 aromatic heterocycles. The van der Waals surface area contributed by atoms with E-state index in [0.717, 1.165) is 11.8 Å². The van der Waals surface area contributed by atoms with E-state index >= 15 is 0 Å². The quantitative estimate of drug-likeness (QED) is 0.237. The summed E-state index contributed by atoms with van der Waals surface area (Å²) in [6, 6.07) is 0. The molecule has 0 amide bonds. The van der Waals surface area contributed by atoms with Gasteiger partial charge < -0.3 is 39.8 Å². The Morgan fingerprint density at radius 3 is 2.33 bits per heavy atom. The Morgan fingerprint density at radius 2 is 1.74 bits per heavy atom. The van der Waals surface area contributed by atoms with Crippen LogP contribution in [-0.4, -0.2) is 58.1 Å². The predicted molar refractivity (Wildman–Crippen MR) is 168 cm³/mol. The Bertz CT molecular complexity index is 1980. The van der Waals surface area contributed by atoms with Gasteiger partial charge in [-0.15, -0.1) is 17.0 Å². The van der Waals surface area contributed by atoms with Gasteiger partial charge in [0.25, 0.3) is 0 Å². The van der Waals surface area contributed by atoms with E-state index in [-0.39, 0.29) is 56.8 Å². The summed E-state index contributed by atoms with van der Waals surface area (Å²) in [5, 5.41) is 49.0. The van der Waals surface area contributed by atoms with E-state index in [1.165, 1.54) is 0 Å². The molecule has 46 heavy (non-hydrogen) atoms. The van der Waals surface area contributed by atoms with Crippen LogP contribution in [0.1, 0.15) is 55.4 Å². The summed E-state index contributed by atoms with van der Waals surface area (Å²) >= 11 is 0. The van der Waals surface area contributed by atoms with E-state index in [9.17, 15) is 34.8 Å². The van der Waals surface area contributed by atoms with Crippen molar-refractivity contribution in [1.82, 2.24) is 4.98 Å². The van der Waals surface area contributed by atoms with Gasteiger partial charge in [-0.25, -0.2) is 9.98 Å². The number of nitrogens with zero attached hydrogens (tertiary/aromatic N) is 4. The third kappa shape index (κ3) is 6.02. The van der Waals surface area contributed by atoms with Crippen LogP contribution in [0.4, 0.5) is 0 Å². The van der Waals surface area contributed by atoms with Crippen molar-refractivity contribution in [3.05, 3.63) is 92.3 Å². The maximum Gasteiger partial charge on any atom is 2.00 e. The number of hydrogen-bond acceptors (Lipinski definition) is 10. The summed E-state index contributed by atoms with van der Waals surface area (Å²) in [7, 11) is 0. The minimum Gasteiger partial charge on any atom is -0.877 e. The second kappa shape index (κ2) is 13.4.